The van der Waals surface area contributed by atoms with Crippen LogP contribution in [0.1, 0.15) is 13.8 Å². The highest BCUT2D eigenvalue weighted by Gasteiger charge is 1.93. The molecule has 0 aliphatic rings. The standard InChI is InChI=1S/C8H9NO2.C2H4O/c1-6(10)9-7-2-4-8(11)5-3-7;1-2-3/h2-5,11H,1H3,(H,9,10);2H,1H3. The molecule has 0 aliphatic carbocycles. The van der Waals surface area contributed by atoms with Gasteiger partial charge in [-0.05, 0) is 31.2 Å². The zero-order valence-electron chi connectivity index (χ0n) is 8.15. The summed E-state index contributed by atoms with van der Waals surface area (Å²) in [6, 6.07) is 6.31. The third-order valence-electron chi connectivity index (χ3n) is 1.19. The topological polar surface area (TPSA) is 66.4 Å². The Morgan fingerprint density at radius 3 is 2.14 bits per heavy atom. The fourth-order valence-electron chi connectivity index (χ4n) is 0.748. The first-order valence-electron chi connectivity index (χ1n) is 4.06. The lowest BCUT2D eigenvalue weighted by Gasteiger charge is -1.99. The lowest BCUT2D eigenvalue weighted by Crippen LogP contribution is -2.04. The summed E-state index contributed by atoms with van der Waals surface area (Å²) in [4.78, 5) is 19.3. The summed E-state index contributed by atoms with van der Waals surface area (Å²) in [5.41, 5.74) is 0.690. The van der Waals surface area contributed by atoms with Crippen molar-refractivity contribution in [1.29, 1.82) is 0 Å². The second kappa shape index (κ2) is 6.65. The normalized spacial score (nSPS) is 8.14. The molecule has 14 heavy (non-hydrogen) atoms. The van der Waals surface area contributed by atoms with Crippen molar-refractivity contribution in [3.8, 4) is 5.75 Å². The minimum absolute atomic E-state index is 0.115. The van der Waals surface area contributed by atoms with Crippen LogP contribution in [0.2, 0.25) is 0 Å². The Hall–Kier alpha value is -1.84. The van der Waals surface area contributed by atoms with Crippen LogP contribution in [0.3, 0.4) is 0 Å². The number of nitrogens with one attached hydrogen (secondary N) is 1. The predicted octanol–water partition coefficient (Wildman–Crippen LogP) is 1.56. The highest BCUT2D eigenvalue weighted by molar-refractivity contribution is 5.88. The molecule has 0 aliphatic heterocycles. The third kappa shape index (κ3) is 5.77. The van der Waals surface area contributed by atoms with Crippen LogP contribution in [0.25, 0.3) is 0 Å². The summed E-state index contributed by atoms with van der Waals surface area (Å²) < 4.78 is 0. The number of phenols is 1. The molecule has 1 aromatic carbocycles. The van der Waals surface area contributed by atoms with Crippen LogP contribution >= 0.6 is 0 Å². The van der Waals surface area contributed by atoms with Gasteiger partial charge in [-0.1, -0.05) is 0 Å². The molecule has 4 heteroatoms. The number of anilines is 1. The van der Waals surface area contributed by atoms with Gasteiger partial charge in [0.1, 0.15) is 12.0 Å². The van der Waals surface area contributed by atoms with Gasteiger partial charge >= 0.3 is 0 Å². The average Bonchev–Trinajstić information content (AvgIpc) is 2.09. The molecule has 0 unspecified atom stereocenters. The molecule has 0 atom stereocenters. The minimum Gasteiger partial charge on any atom is -0.508 e. The molecule has 1 rings (SSSR count). The number of benzene rings is 1. The molecule has 0 bridgehead atoms. The first kappa shape index (κ1) is 12.2. The molecule has 0 spiro atoms. The predicted molar refractivity (Wildman–Crippen MR) is 54.1 cm³/mol. The molecule has 4 nitrogen and oxygen atoms in total. The number of phenolic OH excluding ortho intramolecular Hbond substituents is 1. The van der Waals surface area contributed by atoms with Crippen molar-refractivity contribution in [3.05, 3.63) is 24.3 Å². The molecule has 76 valence electrons. The van der Waals surface area contributed by atoms with Crippen molar-refractivity contribution in [3.63, 3.8) is 0 Å². The maximum Gasteiger partial charge on any atom is 0.221 e. The van der Waals surface area contributed by atoms with Gasteiger partial charge in [0.2, 0.25) is 5.91 Å². The van der Waals surface area contributed by atoms with E-state index < -0.39 is 0 Å². The summed E-state index contributed by atoms with van der Waals surface area (Å²) in [5.74, 6) is 0.0785. The Balaban J connectivity index is 0.000000500. The van der Waals surface area contributed by atoms with E-state index in [0.717, 1.165) is 6.29 Å². The van der Waals surface area contributed by atoms with E-state index in [9.17, 15) is 4.79 Å². The van der Waals surface area contributed by atoms with E-state index in [4.69, 9.17) is 9.90 Å². The molecular weight excluding hydrogens is 182 g/mol. The Labute approximate surface area is 82.6 Å². The van der Waals surface area contributed by atoms with Gasteiger partial charge in [0, 0.05) is 12.6 Å². The Bertz CT molecular complexity index is 293. The SMILES string of the molecule is CC(=O)Nc1ccc(O)cc1.CC=O. The summed E-state index contributed by atoms with van der Waals surface area (Å²) in [6.45, 7) is 2.88. The van der Waals surface area contributed by atoms with Crippen molar-refractivity contribution in [2.45, 2.75) is 13.8 Å². The molecule has 1 aromatic rings. The van der Waals surface area contributed by atoms with E-state index in [0.29, 0.717) is 5.69 Å². The summed E-state index contributed by atoms with van der Waals surface area (Å²) in [7, 11) is 0. The van der Waals surface area contributed by atoms with E-state index >= 15 is 0 Å². The molecule has 0 heterocycles. The van der Waals surface area contributed by atoms with Crippen molar-refractivity contribution < 1.29 is 14.7 Å². The van der Waals surface area contributed by atoms with Crippen LogP contribution in [-0.4, -0.2) is 17.3 Å². The molecule has 0 aromatic heterocycles. The first-order valence-corrected chi connectivity index (χ1v) is 4.06. The number of hydrogen-bond donors (Lipinski definition) is 2. The van der Waals surface area contributed by atoms with Gasteiger partial charge in [-0.25, -0.2) is 0 Å². The minimum atomic E-state index is -0.115. The summed E-state index contributed by atoms with van der Waals surface area (Å²) in [5, 5.41) is 11.5. The average molecular weight is 195 g/mol. The van der Waals surface area contributed by atoms with Crippen molar-refractivity contribution in [1.82, 2.24) is 0 Å². The molecule has 1 amide bonds. The zero-order valence-corrected chi connectivity index (χ0v) is 8.15. The van der Waals surface area contributed by atoms with Gasteiger partial charge in [-0.3, -0.25) is 4.79 Å². The number of aldehydes is 1. The van der Waals surface area contributed by atoms with Crippen LogP contribution in [-0.2, 0) is 9.59 Å². The van der Waals surface area contributed by atoms with Gasteiger partial charge in [-0.2, -0.15) is 0 Å². The maximum absolute atomic E-state index is 10.5. The van der Waals surface area contributed by atoms with Crippen LogP contribution in [0.5, 0.6) is 5.75 Å². The second-order valence-electron chi connectivity index (χ2n) is 2.46. The Morgan fingerprint density at radius 2 is 1.79 bits per heavy atom. The van der Waals surface area contributed by atoms with E-state index in [1.165, 1.54) is 26.0 Å². The van der Waals surface area contributed by atoms with Crippen LogP contribution in [0.4, 0.5) is 5.69 Å². The smallest absolute Gasteiger partial charge is 0.221 e. The Morgan fingerprint density at radius 1 is 1.36 bits per heavy atom. The number of carbonyl (C=O) groups is 2. The van der Waals surface area contributed by atoms with E-state index in [2.05, 4.69) is 5.32 Å². The fraction of sp³-hybridized carbons (Fsp3) is 0.200. The van der Waals surface area contributed by atoms with Crippen LogP contribution in [0, 0.1) is 0 Å². The van der Waals surface area contributed by atoms with Crippen molar-refractivity contribution >= 4 is 17.9 Å². The highest BCUT2D eigenvalue weighted by atomic mass is 16.3. The zero-order chi connectivity index (χ0) is 11.0. The summed E-state index contributed by atoms with van der Waals surface area (Å²) in [6.07, 6.45) is 0.750. The maximum atomic E-state index is 10.5. The highest BCUT2D eigenvalue weighted by Crippen LogP contribution is 2.13. The monoisotopic (exact) mass is 195 g/mol. The van der Waals surface area contributed by atoms with Crippen LogP contribution in [0.15, 0.2) is 24.3 Å². The molecule has 0 fully saturated rings. The molecular formula is C10H13NO3. The number of hydrogen-bond acceptors (Lipinski definition) is 3. The first-order chi connectivity index (χ1) is 6.60. The van der Waals surface area contributed by atoms with E-state index in [1.807, 2.05) is 0 Å². The van der Waals surface area contributed by atoms with Gasteiger partial charge in [0.15, 0.2) is 0 Å². The fourth-order valence-corrected chi connectivity index (χ4v) is 0.748. The number of amides is 1. The lowest BCUT2D eigenvalue weighted by atomic mass is 10.3. The van der Waals surface area contributed by atoms with E-state index in [-0.39, 0.29) is 11.7 Å². The Kier molecular flexibility index (Phi) is 5.78. The second-order valence-corrected chi connectivity index (χ2v) is 2.46. The summed E-state index contributed by atoms with van der Waals surface area (Å²) >= 11 is 0. The number of aromatic hydroxyl groups is 1. The molecule has 0 saturated carbocycles. The van der Waals surface area contributed by atoms with Gasteiger partial charge < -0.3 is 15.2 Å². The quantitative estimate of drug-likeness (QED) is 0.527. The molecule has 0 radical (unpaired) electrons. The van der Waals surface area contributed by atoms with Gasteiger partial charge in [0.05, 0.1) is 0 Å². The molecule has 2 N–H and O–H groups in total. The molecule has 0 saturated heterocycles. The lowest BCUT2D eigenvalue weighted by molar-refractivity contribution is -0.114. The number of carbonyl (C=O) groups excluding carboxylic acids is 2. The largest absolute Gasteiger partial charge is 0.508 e. The van der Waals surface area contributed by atoms with Gasteiger partial charge in [-0.15, -0.1) is 0 Å². The van der Waals surface area contributed by atoms with Crippen molar-refractivity contribution in [2.75, 3.05) is 5.32 Å². The number of rotatable bonds is 1. The van der Waals surface area contributed by atoms with Crippen LogP contribution < -0.4 is 5.32 Å². The van der Waals surface area contributed by atoms with Gasteiger partial charge in [0.25, 0.3) is 0 Å². The third-order valence-corrected chi connectivity index (χ3v) is 1.19. The van der Waals surface area contributed by atoms with Crippen molar-refractivity contribution in [2.24, 2.45) is 0 Å². The van der Waals surface area contributed by atoms with E-state index in [1.54, 1.807) is 12.1 Å².